The molecule has 0 saturated heterocycles. The van der Waals surface area contributed by atoms with Gasteiger partial charge in [0, 0.05) is 6.54 Å². The number of methoxy groups -OCH3 is 1. The second-order valence-electron chi connectivity index (χ2n) is 3.20. The van der Waals surface area contributed by atoms with Crippen molar-refractivity contribution in [1.82, 2.24) is 14.3 Å². The molecule has 0 aromatic carbocycles. The van der Waals surface area contributed by atoms with Gasteiger partial charge in [-0.3, -0.25) is 4.79 Å². The molecule has 7 nitrogen and oxygen atoms in total. The molecular formula is C9H12ClN3O4S. The third kappa shape index (κ3) is 3.37. The zero-order valence-electron chi connectivity index (χ0n) is 9.83. The van der Waals surface area contributed by atoms with Gasteiger partial charge in [-0.25, -0.2) is 18.4 Å². The number of carbonyl (C=O) groups excluding carboxylic acids is 1. The summed E-state index contributed by atoms with van der Waals surface area (Å²) >= 11 is 5.48. The van der Waals surface area contributed by atoms with Crippen LogP contribution in [0.1, 0.15) is 6.92 Å². The number of rotatable bonds is 5. The lowest BCUT2D eigenvalue weighted by Crippen LogP contribution is -2.36. The Morgan fingerprint density at radius 1 is 1.44 bits per heavy atom. The summed E-state index contributed by atoms with van der Waals surface area (Å²) in [6.07, 6.45) is 2.18. The van der Waals surface area contributed by atoms with Crippen LogP contribution in [-0.2, 0) is 19.6 Å². The largest absolute Gasteiger partial charge is 0.468 e. The first-order chi connectivity index (χ1) is 8.41. The summed E-state index contributed by atoms with van der Waals surface area (Å²) in [6.45, 7) is 1.37. The molecule has 18 heavy (non-hydrogen) atoms. The summed E-state index contributed by atoms with van der Waals surface area (Å²) in [6, 6.07) is 0. The molecule has 1 aromatic rings. The van der Waals surface area contributed by atoms with Crippen molar-refractivity contribution in [2.45, 2.75) is 11.8 Å². The molecule has 100 valence electrons. The van der Waals surface area contributed by atoms with Crippen LogP contribution in [0.5, 0.6) is 0 Å². The maximum absolute atomic E-state index is 12.1. The smallest absolute Gasteiger partial charge is 0.321 e. The number of hydrogen-bond donors (Lipinski definition) is 0. The minimum atomic E-state index is -3.82. The summed E-state index contributed by atoms with van der Waals surface area (Å²) < 4.78 is 29.6. The van der Waals surface area contributed by atoms with E-state index in [1.54, 1.807) is 6.92 Å². The molecule has 0 saturated carbocycles. The summed E-state index contributed by atoms with van der Waals surface area (Å²) in [4.78, 5) is 18.2. The molecule has 1 heterocycles. The van der Waals surface area contributed by atoms with E-state index in [1.165, 1.54) is 7.11 Å². The zero-order valence-corrected chi connectivity index (χ0v) is 11.4. The lowest BCUT2D eigenvalue weighted by Gasteiger charge is -2.18. The van der Waals surface area contributed by atoms with Gasteiger partial charge in [-0.2, -0.15) is 4.31 Å². The van der Waals surface area contributed by atoms with Crippen LogP contribution in [0.15, 0.2) is 17.3 Å². The van der Waals surface area contributed by atoms with E-state index in [0.29, 0.717) is 0 Å². The van der Waals surface area contributed by atoms with Crippen LogP contribution < -0.4 is 0 Å². The fraction of sp³-hybridized carbons (Fsp3) is 0.444. The van der Waals surface area contributed by atoms with Gasteiger partial charge in [-0.05, 0) is 11.6 Å². The molecule has 0 fully saturated rings. The number of sulfonamides is 1. The quantitative estimate of drug-likeness (QED) is 0.573. The van der Waals surface area contributed by atoms with E-state index in [-0.39, 0.29) is 23.3 Å². The highest BCUT2D eigenvalue weighted by Crippen LogP contribution is 2.14. The molecule has 9 heteroatoms. The van der Waals surface area contributed by atoms with Crippen molar-refractivity contribution in [3.63, 3.8) is 0 Å². The molecule has 0 aliphatic rings. The third-order valence-electron chi connectivity index (χ3n) is 2.12. The molecular weight excluding hydrogens is 282 g/mol. The van der Waals surface area contributed by atoms with Crippen molar-refractivity contribution in [3.05, 3.63) is 17.7 Å². The van der Waals surface area contributed by atoms with Crippen LogP contribution >= 0.6 is 11.6 Å². The fourth-order valence-corrected chi connectivity index (χ4v) is 2.54. The normalized spacial score (nSPS) is 11.6. The topological polar surface area (TPSA) is 89.5 Å². The molecule has 1 aromatic heterocycles. The minimum absolute atomic E-state index is 0.0510. The predicted molar refractivity (Wildman–Crippen MR) is 63.5 cm³/mol. The number of esters is 1. The van der Waals surface area contributed by atoms with Crippen molar-refractivity contribution in [2.24, 2.45) is 0 Å². The highest BCUT2D eigenvalue weighted by atomic mass is 35.5. The van der Waals surface area contributed by atoms with Gasteiger partial charge in [-0.15, -0.1) is 0 Å². The van der Waals surface area contributed by atoms with Gasteiger partial charge in [0.05, 0.1) is 19.5 Å². The van der Waals surface area contributed by atoms with E-state index >= 15 is 0 Å². The van der Waals surface area contributed by atoms with E-state index in [4.69, 9.17) is 11.6 Å². The van der Waals surface area contributed by atoms with Crippen molar-refractivity contribution in [1.29, 1.82) is 0 Å². The Morgan fingerprint density at radius 3 is 2.44 bits per heavy atom. The fourth-order valence-electron chi connectivity index (χ4n) is 1.16. The van der Waals surface area contributed by atoms with Crippen LogP contribution in [-0.4, -0.2) is 48.9 Å². The van der Waals surface area contributed by atoms with Crippen molar-refractivity contribution in [2.75, 3.05) is 20.2 Å². The Hall–Kier alpha value is -1.25. The number of hydrogen-bond acceptors (Lipinski definition) is 6. The van der Waals surface area contributed by atoms with Gasteiger partial charge in [0.1, 0.15) is 11.4 Å². The molecule has 0 spiro atoms. The number of carbonyl (C=O) groups is 1. The standard InChI is InChI=1S/C9H12ClN3O4S/c1-3-13(6-8(14)17-2)18(15,16)7-4-11-9(10)12-5-7/h4-5H,3,6H2,1-2H3. The Bertz CT molecular complexity index is 517. The predicted octanol–water partition coefficient (Wildman–Crippen LogP) is 0.314. The van der Waals surface area contributed by atoms with Gasteiger partial charge in [0.25, 0.3) is 0 Å². The second kappa shape index (κ2) is 6.07. The lowest BCUT2D eigenvalue weighted by molar-refractivity contribution is -0.140. The molecule has 0 aliphatic carbocycles. The van der Waals surface area contributed by atoms with Gasteiger partial charge < -0.3 is 4.74 Å². The molecule has 0 unspecified atom stereocenters. The average Bonchev–Trinajstić information content (AvgIpc) is 2.35. The average molecular weight is 294 g/mol. The number of aromatic nitrogens is 2. The van der Waals surface area contributed by atoms with E-state index < -0.39 is 16.0 Å². The van der Waals surface area contributed by atoms with Crippen LogP contribution in [0, 0.1) is 0 Å². The van der Waals surface area contributed by atoms with Crippen LogP contribution in [0.2, 0.25) is 5.28 Å². The molecule has 0 amide bonds. The van der Waals surface area contributed by atoms with E-state index in [1.807, 2.05) is 0 Å². The van der Waals surface area contributed by atoms with Crippen LogP contribution in [0.25, 0.3) is 0 Å². The zero-order chi connectivity index (χ0) is 13.8. The Kier molecular flexibility index (Phi) is 5.00. The SMILES string of the molecule is CCN(CC(=O)OC)S(=O)(=O)c1cnc(Cl)nc1. The first-order valence-electron chi connectivity index (χ1n) is 4.96. The van der Waals surface area contributed by atoms with Crippen LogP contribution in [0.4, 0.5) is 0 Å². The molecule has 0 radical (unpaired) electrons. The third-order valence-corrected chi connectivity index (χ3v) is 4.19. The van der Waals surface area contributed by atoms with E-state index in [9.17, 15) is 13.2 Å². The highest BCUT2D eigenvalue weighted by Gasteiger charge is 2.26. The number of likely N-dealkylation sites (N-methyl/N-ethyl adjacent to an activating group) is 1. The summed E-state index contributed by atoms with van der Waals surface area (Å²) in [7, 11) is -2.64. The van der Waals surface area contributed by atoms with E-state index in [0.717, 1.165) is 16.7 Å². The summed E-state index contributed by atoms with van der Waals surface area (Å²) in [5.41, 5.74) is 0. The van der Waals surface area contributed by atoms with Crippen molar-refractivity contribution < 1.29 is 17.9 Å². The summed E-state index contributed by atoms with van der Waals surface area (Å²) in [5.74, 6) is -0.643. The maximum atomic E-state index is 12.1. The first kappa shape index (κ1) is 14.8. The first-order valence-corrected chi connectivity index (χ1v) is 6.78. The Balaban J connectivity index is 3.03. The highest BCUT2D eigenvalue weighted by molar-refractivity contribution is 7.89. The minimum Gasteiger partial charge on any atom is -0.468 e. The van der Waals surface area contributed by atoms with E-state index in [2.05, 4.69) is 14.7 Å². The number of nitrogens with zero attached hydrogens (tertiary/aromatic N) is 3. The second-order valence-corrected chi connectivity index (χ2v) is 5.47. The van der Waals surface area contributed by atoms with Gasteiger partial charge in [-0.1, -0.05) is 6.92 Å². The maximum Gasteiger partial charge on any atom is 0.321 e. The molecule has 0 bridgehead atoms. The van der Waals surface area contributed by atoms with Gasteiger partial charge >= 0.3 is 5.97 Å². The number of halogens is 1. The van der Waals surface area contributed by atoms with Gasteiger partial charge in [0.2, 0.25) is 15.3 Å². The lowest BCUT2D eigenvalue weighted by atomic mass is 10.6. The van der Waals surface area contributed by atoms with Crippen molar-refractivity contribution in [3.8, 4) is 0 Å². The van der Waals surface area contributed by atoms with Gasteiger partial charge in [0.15, 0.2) is 0 Å². The molecule has 1 rings (SSSR count). The molecule has 0 aliphatic heterocycles. The van der Waals surface area contributed by atoms with Crippen molar-refractivity contribution >= 4 is 27.6 Å². The Labute approximate surface area is 110 Å². The molecule has 0 atom stereocenters. The summed E-state index contributed by atoms with van der Waals surface area (Å²) in [5, 5.41) is -0.0510. The monoisotopic (exact) mass is 293 g/mol. The van der Waals surface area contributed by atoms with Crippen LogP contribution in [0.3, 0.4) is 0 Å². The number of ether oxygens (including phenoxy) is 1. The Morgan fingerprint density at radius 2 is 2.00 bits per heavy atom. The molecule has 0 N–H and O–H groups in total.